The zero-order valence-corrected chi connectivity index (χ0v) is 14.5. The number of nitrogens with one attached hydrogen (secondary N) is 2. The number of aryl methyl sites for hydroxylation is 1. The average Bonchev–Trinajstić information content (AvgIpc) is 2.81. The van der Waals surface area contributed by atoms with Crippen molar-refractivity contribution in [2.45, 2.75) is 27.7 Å². The molecule has 2 N–H and O–H groups in total. The largest absolute Gasteiger partial charge is 0.326 e. The molecule has 1 heterocycles. The van der Waals surface area contributed by atoms with E-state index in [1.165, 1.54) is 6.92 Å². The third kappa shape index (κ3) is 3.48. The Kier molecular flexibility index (Phi) is 4.95. The third-order valence-electron chi connectivity index (χ3n) is 3.41. The molecule has 1 aromatic heterocycles. The lowest BCUT2D eigenvalue weighted by Gasteiger charge is -2.12. The maximum absolute atomic E-state index is 11.2. The Morgan fingerprint density at radius 2 is 2.09 bits per heavy atom. The number of amides is 1. The molecule has 0 spiro atoms. The Bertz CT molecular complexity index is 854. The minimum absolute atomic E-state index is 0.0988. The third-order valence-corrected chi connectivity index (χ3v) is 3.68. The van der Waals surface area contributed by atoms with Gasteiger partial charge in [-0.25, -0.2) is 0 Å². The van der Waals surface area contributed by atoms with Gasteiger partial charge in [-0.05, 0) is 62.8 Å². The number of benzene rings is 1. The molecule has 0 aliphatic rings. The SMILES string of the molecule is C=CC(=C(C)C)n1c(-c2ccc(NC(C)=O)cc2C)n[nH]c1=S. The first-order chi connectivity index (χ1) is 10.8. The highest BCUT2D eigenvalue weighted by Gasteiger charge is 2.14. The lowest BCUT2D eigenvalue weighted by atomic mass is 10.1. The topological polar surface area (TPSA) is 62.7 Å². The number of rotatable bonds is 4. The first-order valence-corrected chi connectivity index (χ1v) is 7.62. The standard InChI is InChI=1S/C17H20N4OS/c1-6-15(10(2)3)21-16(19-20-17(21)23)14-8-7-13(9-11(14)4)18-12(5)22/h6-9H,1H2,2-5H3,(H,18,22)(H,20,23). The fraction of sp³-hybridized carbons (Fsp3) is 0.235. The van der Waals surface area contributed by atoms with Crippen LogP contribution in [0.25, 0.3) is 17.1 Å². The van der Waals surface area contributed by atoms with E-state index in [0.29, 0.717) is 4.77 Å². The van der Waals surface area contributed by atoms with Crippen molar-refractivity contribution in [3.8, 4) is 11.4 Å². The number of allylic oxidation sites excluding steroid dienone is 3. The lowest BCUT2D eigenvalue weighted by molar-refractivity contribution is -0.114. The Labute approximate surface area is 140 Å². The average molecular weight is 328 g/mol. The summed E-state index contributed by atoms with van der Waals surface area (Å²) in [6.07, 6.45) is 1.77. The smallest absolute Gasteiger partial charge is 0.221 e. The second-order valence-electron chi connectivity index (χ2n) is 5.49. The second-order valence-corrected chi connectivity index (χ2v) is 5.87. The van der Waals surface area contributed by atoms with E-state index in [9.17, 15) is 4.79 Å². The van der Waals surface area contributed by atoms with Crippen molar-refractivity contribution in [3.63, 3.8) is 0 Å². The molecule has 5 nitrogen and oxygen atoms in total. The van der Waals surface area contributed by atoms with Gasteiger partial charge in [0.25, 0.3) is 0 Å². The van der Waals surface area contributed by atoms with E-state index in [0.717, 1.165) is 33.9 Å². The number of hydrogen-bond donors (Lipinski definition) is 2. The zero-order valence-electron chi connectivity index (χ0n) is 13.7. The van der Waals surface area contributed by atoms with E-state index in [1.807, 2.05) is 43.5 Å². The van der Waals surface area contributed by atoms with Crippen molar-refractivity contribution in [1.29, 1.82) is 0 Å². The van der Waals surface area contributed by atoms with Crippen LogP contribution in [0.15, 0.2) is 36.4 Å². The highest BCUT2D eigenvalue weighted by Crippen LogP contribution is 2.27. The van der Waals surface area contributed by atoms with Crippen LogP contribution in [-0.4, -0.2) is 20.7 Å². The van der Waals surface area contributed by atoms with Gasteiger partial charge in [-0.2, -0.15) is 5.10 Å². The van der Waals surface area contributed by atoms with Crippen LogP contribution in [0.5, 0.6) is 0 Å². The molecule has 120 valence electrons. The molecule has 0 aliphatic heterocycles. The summed E-state index contributed by atoms with van der Waals surface area (Å²) in [6, 6.07) is 5.69. The van der Waals surface area contributed by atoms with E-state index in [1.54, 1.807) is 6.08 Å². The molecule has 1 aromatic carbocycles. The van der Waals surface area contributed by atoms with Gasteiger partial charge in [-0.1, -0.05) is 12.2 Å². The van der Waals surface area contributed by atoms with Gasteiger partial charge in [-0.3, -0.25) is 14.5 Å². The molecule has 2 rings (SSSR count). The molecule has 0 bridgehead atoms. The van der Waals surface area contributed by atoms with Gasteiger partial charge < -0.3 is 5.32 Å². The van der Waals surface area contributed by atoms with Gasteiger partial charge in [0, 0.05) is 23.9 Å². The number of H-pyrrole nitrogens is 1. The lowest BCUT2D eigenvalue weighted by Crippen LogP contribution is -2.06. The number of aromatic amines is 1. The molecule has 2 aromatic rings. The predicted octanol–water partition coefficient (Wildman–Crippen LogP) is 4.31. The monoisotopic (exact) mass is 328 g/mol. The number of aromatic nitrogens is 3. The van der Waals surface area contributed by atoms with Crippen molar-refractivity contribution < 1.29 is 4.79 Å². The Hall–Kier alpha value is -2.47. The zero-order chi connectivity index (χ0) is 17.1. The maximum Gasteiger partial charge on any atom is 0.221 e. The van der Waals surface area contributed by atoms with Gasteiger partial charge in [0.1, 0.15) is 0 Å². The first kappa shape index (κ1) is 16.9. The van der Waals surface area contributed by atoms with Crippen molar-refractivity contribution in [2.24, 2.45) is 0 Å². The summed E-state index contributed by atoms with van der Waals surface area (Å²) in [5, 5.41) is 9.98. The quantitative estimate of drug-likeness (QED) is 0.649. The summed E-state index contributed by atoms with van der Waals surface area (Å²) in [4.78, 5) is 11.2. The van der Waals surface area contributed by atoms with Crippen LogP contribution in [0.3, 0.4) is 0 Å². The van der Waals surface area contributed by atoms with Crippen LogP contribution in [0.1, 0.15) is 26.3 Å². The predicted molar refractivity (Wildman–Crippen MR) is 96.6 cm³/mol. The van der Waals surface area contributed by atoms with Crippen molar-refractivity contribution in [2.75, 3.05) is 5.32 Å². The fourth-order valence-electron chi connectivity index (χ4n) is 2.42. The molecule has 0 saturated heterocycles. The molecule has 0 atom stereocenters. The molecule has 6 heteroatoms. The minimum Gasteiger partial charge on any atom is -0.326 e. The van der Waals surface area contributed by atoms with Crippen LogP contribution < -0.4 is 5.32 Å². The summed E-state index contributed by atoms with van der Waals surface area (Å²) in [5.74, 6) is 0.622. The van der Waals surface area contributed by atoms with E-state index in [4.69, 9.17) is 12.2 Å². The fourth-order valence-corrected chi connectivity index (χ4v) is 2.65. The molecule has 0 aliphatic carbocycles. The highest BCUT2D eigenvalue weighted by molar-refractivity contribution is 7.71. The van der Waals surface area contributed by atoms with Crippen LogP contribution in [0.4, 0.5) is 5.69 Å². The van der Waals surface area contributed by atoms with Crippen LogP contribution in [0.2, 0.25) is 0 Å². The van der Waals surface area contributed by atoms with Crippen LogP contribution in [0, 0.1) is 11.7 Å². The Balaban J connectivity index is 2.61. The first-order valence-electron chi connectivity index (χ1n) is 7.21. The number of hydrogen-bond acceptors (Lipinski definition) is 3. The molecule has 23 heavy (non-hydrogen) atoms. The van der Waals surface area contributed by atoms with E-state index >= 15 is 0 Å². The number of carbonyl (C=O) groups excluding carboxylic acids is 1. The molecular formula is C17H20N4OS. The van der Waals surface area contributed by atoms with E-state index < -0.39 is 0 Å². The summed E-state index contributed by atoms with van der Waals surface area (Å²) >= 11 is 5.37. The highest BCUT2D eigenvalue weighted by atomic mass is 32.1. The number of carbonyl (C=O) groups is 1. The molecule has 1 amide bonds. The number of anilines is 1. The molecule has 0 fully saturated rings. The number of nitrogens with zero attached hydrogens (tertiary/aromatic N) is 2. The van der Waals surface area contributed by atoms with Crippen LogP contribution in [-0.2, 0) is 4.79 Å². The van der Waals surface area contributed by atoms with E-state index in [2.05, 4.69) is 22.1 Å². The van der Waals surface area contributed by atoms with Crippen molar-refractivity contribution >= 4 is 29.5 Å². The summed E-state index contributed by atoms with van der Waals surface area (Å²) < 4.78 is 2.39. The van der Waals surface area contributed by atoms with Gasteiger partial charge >= 0.3 is 0 Å². The van der Waals surface area contributed by atoms with Gasteiger partial charge in [0.15, 0.2) is 10.6 Å². The maximum atomic E-state index is 11.2. The summed E-state index contributed by atoms with van der Waals surface area (Å²) in [6.45, 7) is 11.3. The second kappa shape index (κ2) is 6.75. The van der Waals surface area contributed by atoms with E-state index in [-0.39, 0.29) is 5.91 Å². The normalized spacial score (nSPS) is 10.3. The van der Waals surface area contributed by atoms with Gasteiger partial charge in [0.05, 0.1) is 0 Å². The Morgan fingerprint density at radius 1 is 1.39 bits per heavy atom. The van der Waals surface area contributed by atoms with Gasteiger partial charge in [-0.15, -0.1) is 0 Å². The molecule has 0 unspecified atom stereocenters. The molecular weight excluding hydrogens is 308 g/mol. The minimum atomic E-state index is -0.0988. The Morgan fingerprint density at radius 3 is 2.61 bits per heavy atom. The molecule has 0 saturated carbocycles. The summed E-state index contributed by atoms with van der Waals surface area (Å²) in [7, 11) is 0. The van der Waals surface area contributed by atoms with Crippen molar-refractivity contribution in [1.82, 2.24) is 14.8 Å². The van der Waals surface area contributed by atoms with Crippen molar-refractivity contribution in [3.05, 3.63) is 46.8 Å². The molecule has 0 radical (unpaired) electrons. The van der Waals surface area contributed by atoms with Crippen LogP contribution >= 0.6 is 12.2 Å². The summed E-state index contributed by atoms with van der Waals surface area (Å²) in [5.41, 5.74) is 4.68. The van der Waals surface area contributed by atoms with Gasteiger partial charge in [0.2, 0.25) is 5.91 Å².